The number of hydrogen-bond donors (Lipinski definition) is 1. The van der Waals surface area contributed by atoms with Crippen LogP contribution in [-0.4, -0.2) is 24.9 Å². The zero-order chi connectivity index (χ0) is 6.04. The molecule has 0 bridgehead atoms. The van der Waals surface area contributed by atoms with Gasteiger partial charge in [-0.3, -0.25) is 0 Å². The molecule has 2 nitrogen and oxygen atoms in total. The average molecular weight is 116 g/mol. The molecule has 1 N–H and O–H groups in total. The Hall–Kier alpha value is -0.0800. The quantitative estimate of drug-likeness (QED) is 0.537. The third-order valence-electron chi connectivity index (χ3n) is 1.68. The molecule has 1 heterocycles. The highest BCUT2D eigenvalue weighted by atomic mass is 16.5. The lowest BCUT2D eigenvalue weighted by atomic mass is 9.92. The summed E-state index contributed by atoms with van der Waals surface area (Å²) in [6, 6.07) is 0. The first-order valence-electron chi connectivity index (χ1n) is 2.95. The zero-order valence-corrected chi connectivity index (χ0v) is 5.18. The van der Waals surface area contributed by atoms with Crippen molar-refractivity contribution in [2.45, 2.75) is 13.3 Å². The number of aliphatic hydroxyl groups is 1. The minimum Gasteiger partial charge on any atom is -0.396 e. The van der Waals surface area contributed by atoms with E-state index in [9.17, 15) is 0 Å². The molecule has 2 heteroatoms. The lowest BCUT2D eigenvalue weighted by Crippen LogP contribution is -2.20. The second-order valence-electron chi connectivity index (χ2n) is 2.77. The van der Waals surface area contributed by atoms with Crippen molar-refractivity contribution in [2.24, 2.45) is 5.41 Å². The summed E-state index contributed by atoms with van der Waals surface area (Å²) in [5.74, 6) is 0. The van der Waals surface area contributed by atoms with E-state index in [1.165, 1.54) is 0 Å². The highest BCUT2D eigenvalue weighted by Crippen LogP contribution is 2.26. The number of rotatable bonds is 1. The number of hydrogen-bond acceptors (Lipinski definition) is 2. The van der Waals surface area contributed by atoms with Crippen molar-refractivity contribution in [2.75, 3.05) is 19.8 Å². The monoisotopic (exact) mass is 116 g/mol. The molecule has 0 aromatic carbocycles. The molecule has 0 spiro atoms. The van der Waals surface area contributed by atoms with Gasteiger partial charge in [-0.25, -0.2) is 0 Å². The smallest absolute Gasteiger partial charge is 0.0542 e. The van der Waals surface area contributed by atoms with Gasteiger partial charge in [0.2, 0.25) is 0 Å². The topological polar surface area (TPSA) is 29.5 Å². The van der Waals surface area contributed by atoms with E-state index in [1.54, 1.807) is 0 Å². The van der Waals surface area contributed by atoms with Crippen LogP contribution in [0.1, 0.15) is 13.3 Å². The van der Waals surface area contributed by atoms with Crippen molar-refractivity contribution in [3.8, 4) is 0 Å². The third-order valence-corrected chi connectivity index (χ3v) is 1.68. The van der Waals surface area contributed by atoms with E-state index in [0.29, 0.717) is 0 Å². The minimum atomic E-state index is 0.0694. The fraction of sp³-hybridized carbons (Fsp3) is 1.00. The first-order valence-corrected chi connectivity index (χ1v) is 2.95. The molecule has 0 aromatic rings. The lowest BCUT2D eigenvalue weighted by Gasteiger charge is -2.16. The molecule has 0 aromatic heterocycles. The molecule has 0 amide bonds. The first-order chi connectivity index (χ1) is 3.77. The first kappa shape index (κ1) is 6.05. The van der Waals surface area contributed by atoms with E-state index in [4.69, 9.17) is 9.84 Å². The van der Waals surface area contributed by atoms with E-state index >= 15 is 0 Å². The fourth-order valence-electron chi connectivity index (χ4n) is 0.834. The van der Waals surface area contributed by atoms with Crippen molar-refractivity contribution in [3.05, 3.63) is 0 Å². The van der Waals surface area contributed by atoms with Crippen LogP contribution in [-0.2, 0) is 4.74 Å². The van der Waals surface area contributed by atoms with E-state index in [1.807, 2.05) is 6.92 Å². The van der Waals surface area contributed by atoms with E-state index in [0.717, 1.165) is 19.6 Å². The summed E-state index contributed by atoms with van der Waals surface area (Å²) in [5.41, 5.74) is 0.0694. The maximum atomic E-state index is 8.75. The van der Waals surface area contributed by atoms with Gasteiger partial charge in [0, 0.05) is 12.0 Å². The van der Waals surface area contributed by atoms with Crippen molar-refractivity contribution in [1.29, 1.82) is 0 Å². The van der Waals surface area contributed by atoms with Crippen LogP contribution in [0.2, 0.25) is 0 Å². The minimum absolute atomic E-state index is 0.0694. The van der Waals surface area contributed by atoms with Gasteiger partial charge in [0.15, 0.2) is 0 Å². The van der Waals surface area contributed by atoms with Crippen LogP contribution in [0.15, 0.2) is 0 Å². The van der Waals surface area contributed by atoms with Crippen LogP contribution in [0.25, 0.3) is 0 Å². The Morgan fingerprint density at radius 1 is 1.75 bits per heavy atom. The van der Waals surface area contributed by atoms with Crippen LogP contribution >= 0.6 is 0 Å². The molecule has 0 unspecified atom stereocenters. The number of aliphatic hydroxyl groups excluding tert-OH is 1. The zero-order valence-electron chi connectivity index (χ0n) is 5.18. The van der Waals surface area contributed by atoms with E-state index in [2.05, 4.69) is 0 Å². The average Bonchev–Trinajstić information content (AvgIpc) is 2.17. The highest BCUT2D eigenvalue weighted by molar-refractivity contribution is 4.76. The summed E-state index contributed by atoms with van der Waals surface area (Å²) in [6.45, 7) is 3.84. The Labute approximate surface area is 49.5 Å². The van der Waals surface area contributed by atoms with Gasteiger partial charge in [-0.1, -0.05) is 6.92 Å². The molecule has 1 aliphatic rings. The van der Waals surface area contributed by atoms with Crippen LogP contribution in [0.5, 0.6) is 0 Å². The second kappa shape index (κ2) is 2.03. The fourth-order valence-corrected chi connectivity index (χ4v) is 0.834. The molecular formula is C6H12O2. The predicted octanol–water partition coefficient (Wildman–Crippen LogP) is 0.405. The summed E-state index contributed by atoms with van der Waals surface area (Å²) < 4.78 is 5.09. The van der Waals surface area contributed by atoms with Gasteiger partial charge in [-0.15, -0.1) is 0 Å². The van der Waals surface area contributed by atoms with Gasteiger partial charge in [-0.2, -0.15) is 0 Å². The SMILES string of the molecule is C[C@]1(CO)CCOC1. The van der Waals surface area contributed by atoms with Crippen LogP contribution in [0.3, 0.4) is 0 Å². The normalized spacial score (nSPS) is 38.2. The standard InChI is InChI=1S/C6H12O2/c1-6(4-7)2-3-8-5-6/h7H,2-5H2,1H3/t6-/m1/s1. The Balaban J connectivity index is 2.40. The third kappa shape index (κ3) is 1.01. The maximum Gasteiger partial charge on any atom is 0.0542 e. The van der Waals surface area contributed by atoms with Gasteiger partial charge < -0.3 is 9.84 Å². The predicted molar refractivity (Wildman–Crippen MR) is 30.6 cm³/mol. The van der Waals surface area contributed by atoms with Crippen molar-refractivity contribution in [3.63, 3.8) is 0 Å². The molecule has 0 radical (unpaired) electrons. The van der Waals surface area contributed by atoms with Crippen LogP contribution < -0.4 is 0 Å². The van der Waals surface area contributed by atoms with Gasteiger partial charge >= 0.3 is 0 Å². The summed E-state index contributed by atoms with van der Waals surface area (Å²) in [7, 11) is 0. The van der Waals surface area contributed by atoms with Gasteiger partial charge in [0.25, 0.3) is 0 Å². The summed E-state index contributed by atoms with van der Waals surface area (Å²) in [4.78, 5) is 0. The molecule has 1 saturated heterocycles. The molecule has 1 rings (SSSR count). The van der Waals surface area contributed by atoms with Crippen molar-refractivity contribution >= 4 is 0 Å². The molecule has 8 heavy (non-hydrogen) atoms. The number of ether oxygens (including phenoxy) is 1. The Bertz CT molecular complexity index is 74.6. The summed E-state index contributed by atoms with van der Waals surface area (Å²) >= 11 is 0. The van der Waals surface area contributed by atoms with E-state index in [-0.39, 0.29) is 12.0 Å². The molecule has 1 fully saturated rings. The van der Waals surface area contributed by atoms with Crippen LogP contribution in [0, 0.1) is 5.41 Å². The molecule has 0 saturated carbocycles. The lowest BCUT2D eigenvalue weighted by molar-refractivity contribution is 0.107. The molecule has 1 atom stereocenters. The van der Waals surface area contributed by atoms with E-state index < -0.39 is 0 Å². The Morgan fingerprint density at radius 3 is 2.75 bits per heavy atom. The van der Waals surface area contributed by atoms with Crippen LogP contribution in [0.4, 0.5) is 0 Å². The van der Waals surface area contributed by atoms with Gasteiger partial charge in [-0.05, 0) is 6.42 Å². The molecule has 0 aliphatic carbocycles. The van der Waals surface area contributed by atoms with Gasteiger partial charge in [0.1, 0.15) is 0 Å². The molecular weight excluding hydrogens is 104 g/mol. The van der Waals surface area contributed by atoms with Gasteiger partial charge in [0.05, 0.1) is 13.2 Å². The Kier molecular flexibility index (Phi) is 1.54. The molecule has 1 aliphatic heterocycles. The second-order valence-corrected chi connectivity index (χ2v) is 2.77. The van der Waals surface area contributed by atoms with Crippen molar-refractivity contribution in [1.82, 2.24) is 0 Å². The maximum absolute atomic E-state index is 8.75. The Morgan fingerprint density at radius 2 is 2.50 bits per heavy atom. The summed E-state index contributed by atoms with van der Waals surface area (Å²) in [5, 5.41) is 8.75. The molecule has 48 valence electrons. The van der Waals surface area contributed by atoms with Crippen molar-refractivity contribution < 1.29 is 9.84 Å². The highest BCUT2D eigenvalue weighted by Gasteiger charge is 2.28. The summed E-state index contributed by atoms with van der Waals surface area (Å²) in [6.07, 6.45) is 1.00. The largest absolute Gasteiger partial charge is 0.396 e.